The highest BCUT2D eigenvalue weighted by molar-refractivity contribution is 6.22. The number of rotatable bonds is 7. The monoisotopic (exact) mass is 839 g/mol. The second kappa shape index (κ2) is 15.5. The molecule has 2 nitrogen and oxygen atoms in total. The summed E-state index contributed by atoms with van der Waals surface area (Å²) >= 11 is 0. The highest BCUT2D eigenvalue weighted by Crippen LogP contribution is 2.48. The summed E-state index contributed by atoms with van der Waals surface area (Å²) < 4.78 is 6.54. The zero-order chi connectivity index (χ0) is 43.6. The van der Waals surface area contributed by atoms with E-state index in [1.165, 1.54) is 76.5 Å². The number of benzene rings is 12. The Bertz CT molecular complexity index is 3980. The first kappa shape index (κ1) is 37.8. The summed E-state index contributed by atoms with van der Waals surface area (Å²) in [4.78, 5) is 2.39. The quantitative estimate of drug-likeness (QED) is 0.149. The van der Waals surface area contributed by atoms with E-state index in [2.05, 4.69) is 241 Å². The Morgan fingerprint density at radius 2 is 0.773 bits per heavy atom. The van der Waals surface area contributed by atoms with E-state index in [0.717, 1.165) is 50.1 Å². The van der Waals surface area contributed by atoms with Crippen molar-refractivity contribution in [2.45, 2.75) is 0 Å². The van der Waals surface area contributed by atoms with Crippen LogP contribution in [0.4, 0.5) is 17.1 Å². The first-order chi connectivity index (χ1) is 32.7. The van der Waals surface area contributed by atoms with Crippen molar-refractivity contribution in [3.63, 3.8) is 0 Å². The Kier molecular flexibility index (Phi) is 8.89. The first-order valence-corrected chi connectivity index (χ1v) is 22.7. The van der Waals surface area contributed by atoms with Gasteiger partial charge in [-0.2, -0.15) is 0 Å². The average molecular weight is 840 g/mol. The van der Waals surface area contributed by atoms with Crippen LogP contribution in [-0.2, 0) is 0 Å². The zero-order valence-corrected chi connectivity index (χ0v) is 36.0. The predicted octanol–water partition coefficient (Wildman–Crippen LogP) is 18.3. The normalized spacial score (nSPS) is 11.6. The Hall–Kier alpha value is -8.72. The smallest absolute Gasteiger partial charge is 0.137 e. The van der Waals surface area contributed by atoms with Gasteiger partial charge in [-0.25, -0.2) is 0 Å². The van der Waals surface area contributed by atoms with E-state index in [1.807, 2.05) is 12.1 Å². The molecule has 308 valence electrons. The van der Waals surface area contributed by atoms with Gasteiger partial charge in [0.1, 0.15) is 11.2 Å². The fourth-order valence-corrected chi connectivity index (χ4v) is 10.4. The van der Waals surface area contributed by atoms with Crippen LogP contribution in [0.25, 0.3) is 110 Å². The minimum atomic E-state index is 0.856. The molecule has 0 unspecified atom stereocenters. The van der Waals surface area contributed by atoms with Crippen molar-refractivity contribution in [1.82, 2.24) is 0 Å². The van der Waals surface area contributed by atoms with Crippen LogP contribution in [-0.4, -0.2) is 0 Å². The number of nitrogens with zero attached hydrogens (tertiary/aromatic N) is 1. The van der Waals surface area contributed by atoms with Crippen LogP contribution in [0.2, 0.25) is 0 Å². The molecule has 2 heteroatoms. The zero-order valence-electron chi connectivity index (χ0n) is 36.0. The molecule has 0 bridgehead atoms. The summed E-state index contributed by atoms with van der Waals surface area (Å²) in [6.07, 6.45) is 0. The van der Waals surface area contributed by atoms with Gasteiger partial charge in [-0.05, 0) is 131 Å². The largest absolute Gasteiger partial charge is 0.456 e. The lowest BCUT2D eigenvalue weighted by atomic mass is 9.84. The van der Waals surface area contributed by atoms with Gasteiger partial charge in [0.25, 0.3) is 0 Å². The van der Waals surface area contributed by atoms with Gasteiger partial charge in [-0.3, -0.25) is 0 Å². The molecule has 0 saturated carbocycles. The van der Waals surface area contributed by atoms with Crippen molar-refractivity contribution >= 4 is 82.1 Å². The standard InChI is InChI=1S/C64H41NO/c1-3-17-43(18-4-1)63-57-28-12-11-25-52(57)54-37-33-46(40-59(54)64(63)44-19-5-2-6-20-44)50-23-13-15-29-60(50)65(48-36-38-56-55-27-14-16-30-61(55)66-62(56)41-48)47-34-31-42(32-35-47)58-39-45-21-7-8-22-49(45)51-24-9-10-26-53(51)58/h1-41H. The molecule has 0 atom stereocenters. The van der Waals surface area contributed by atoms with Gasteiger partial charge in [-0.1, -0.05) is 194 Å². The van der Waals surface area contributed by atoms with Crippen molar-refractivity contribution in [3.8, 4) is 44.5 Å². The lowest BCUT2D eigenvalue weighted by Crippen LogP contribution is -2.11. The van der Waals surface area contributed by atoms with Crippen molar-refractivity contribution in [2.75, 3.05) is 4.90 Å². The Balaban J connectivity index is 1.03. The molecule has 1 heterocycles. The average Bonchev–Trinajstić information content (AvgIpc) is 3.77. The molecule has 0 saturated heterocycles. The molecule has 0 aliphatic carbocycles. The van der Waals surface area contributed by atoms with Crippen LogP contribution >= 0.6 is 0 Å². The van der Waals surface area contributed by atoms with Gasteiger partial charge in [0, 0.05) is 33.8 Å². The molecule has 0 spiro atoms. The molecule has 0 aliphatic rings. The molecular formula is C64H41NO. The van der Waals surface area contributed by atoms with Gasteiger partial charge in [0.05, 0.1) is 5.69 Å². The van der Waals surface area contributed by atoms with Crippen LogP contribution in [0.15, 0.2) is 253 Å². The highest BCUT2D eigenvalue weighted by Gasteiger charge is 2.22. The van der Waals surface area contributed by atoms with Crippen LogP contribution in [0.1, 0.15) is 0 Å². The molecule has 0 N–H and O–H groups in total. The lowest BCUT2D eigenvalue weighted by Gasteiger charge is -2.28. The Morgan fingerprint density at radius 1 is 0.258 bits per heavy atom. The molecule has 0 aliphatic heterocycles. The lowest BCUT2D eigenvalue weighted by molar-refractivity contribution is 0.669. The Labute approximate surface area is 382 Å². The van der Waals surface area contributed by atoms with Crippen LogP contribution < -0.4 is 4.90 Å². The topological polar surface area (TPSA) is 16.4 Å². The number of anilines is 3. The maximum Gasteiger partial charge on any atom is 0.137 e. The maximum atomic E-state index is 6.54. The van der Waals surface area contributed by atoms with E-state index in [1.54, 1.807) is 0 Å². The third-order valence-electron chi connectivity index (χ3n) is 13.4. The van der Waals surface area contributed by atoms with E-state index in [-0.39, 0.29) is 0 Å². The van der Waals surface area contributed by atoms with Crippen molar-refractivity contribution in [3.05, 3.63) is 249 Å². The van der Waals surface area contributed by atoms with E-state index < -0.39 is 0 Å². The molecule has 13 aromatic rings. The maximum absolute atomic E-state index is 6.54. The van der Waals surface area contributed by atoms with Gasteiger partial charge in [-0.15, -0.1) is 0 Å². The van der Waals surface area contributed by atoms with Gasteiger partial charge < -0.3 is 9.32 Å². The molecule has 1 aromatic heterocycles. The number of hydrogen-bond acceptors (Lipinski definition) is 2. The summed E-state index contributed by atoms with van der Waals surface area (Å²) in [5, 5.41) is 12.2. The predicted molar refractivity (Wildman–Crippen MR) is 280 cm³/mol. The minimum absolute atomic E-state index is 0.856. The van der Waals surface area contributed by atoms with Crippen LogP contribution in [0, 0.1) is 0 Å². The highest BCUT2D eigenvalue weighted by atomic mass is 16.3. The summed E-state index contributed by atoms with van der Waals surface area (Å²) in [6, 6.07) is 90.3. The van der Waals surface area contributed by atoms with E-state index in [4.69, 9.17) is 4.42 Å². The van der Waals surface area contributed by atoms with Crippen molar-refractivity contribution in [2.24, 2.45) is 0 Å². The summed E-state index contributed by atoms with van der Waals surface area (Å²) in [6.45, 7) is 0. The first-order valence-electron chi connectivity index (χ1n) is 22.7. The second-order valence-electron chi connectivity index (χ2n) is 17.2. The summed E-state index contributed by atoms with van der Waals surface area (Å²) in [5.41, 5.74) is 14.4. The van der Waals surface area contributed by atoms with Crippen molar-refractivity contribution < 1.29 is 4.42 Å². The summed E-state index contributed by atoms with van der Waals surface area (Å²) in [7, 11) is 0. The van der Waals surface area contributed by atoms with Gasteiger partial charge in [0.2, 0.25) is 0 Å². The number of furan rings is 1. The SMILES string of the molecule is c1ccc(-c2c(-c3ccccc3)c3cc(-c4ccccc4N(c4ccc(-c5cc6ccccc6c6ccccc56)cc4)c4ccc5c(c4)oc4ccccc45)ccc3c3ccccc23)cc1. The number of hydrogen-bond donors (Lipinski definition) is 0. The summed E-state index contributed by atoms with van der Waals surface area (Å²) in [5.74, 6) is 0. The molecular weight excluding hydrogens is 799 g/mol. The molecule has 12 aromatic carbocycles. The van der Waals surface area contributed by atoms with Gasteiger partial charge >= 0.3 is 0 Å². The number of para-hydroxylation sites is 2. The third-order valence-corrected chi connectivity index (χ3v) is 13.4. The molecule has 13 rings (SSSR count). The minimum Gasteiger partial charge on any atom is -0.456 e. The Morgan fingerprint density at radius 3 is 1.53 bits per heavy atom. The molecule has 66 heavy (non-hydrogen) atoms. The fraction of sp³-hybridized carbons (Fsp3) is 0. The second-order valence-corrected chi connectivity index (χ2v) is 17.2. The van der Waals surface area contributed by atoms with Crippen molar-refractivity contribution in [1.29, 1.82) is 0 Å². The molecule has 0 radical (unpaired) electrons. The van der Waals surface area contributed by atoms with Crippen LogP contribution in [0.3, 0.4) is 0 Å². The van der Waals surface area contributed by atoms with E-state index in [0.29, 0.717) is 0 Å². The fourth-order valence-electron chi connectivity index (χ4n) is 10.4. The molecule has 0 amide bonds. The third kappa shape index (κ3) is 6.18. The molecule has 0 fully saturated rings. The number of fused-ring (bicyclic) bond motifs is 9. The van der Waals surface area contributed by atoms with Gasteiger partial charge in [0.15, 0.2) is 0 Å². The van der Waals surface area contributed by atoms with E-state index >= 15 is 0 Å². The van der Waals surface area contributed by atoms with Crippen LogP contribution in [0.5, 0.6) is 0 Å². The van der Waals surface area contributed by atoms with E-state index in [9.17, 15) is 0 Å².